The molecule has 1 aromatic rings. The predicted molar refractivity (Wildman–Crippen MR) is 112 cm³/mol. The van der Waals surface area contributed by atoms with Crippen LogP contribution in [0.15, 0.2) is 17.0 Å². The fourth-order valence-corrected chi connectivity index (χ4v) is 4.48. The van der Waals surface area contributed by atoms with Crippen LogP contribution in [0.2, 0.25) is 5.02 Å². The zero-order chi connectivity index (χ0) is 21.1. The number of hydrogen-bond acceptors (Lipinski definition) is 6. The third-order valence-corrected chi connectivity index (χ3v) is 6.13. The van der Waals surface area contributed by atoms with Gasteiger partial charge in [-0.3, -0.25) is 19.3 Å². The van der Waals surface area contributed by atoms with Crippen LogP contribution in [0.3, 0.4) is 0 Å². The lowest BCUT2D eigenvalue weighted by Crippen LogP contribution is -2.47. The molecule has 0 bridgehead atoms. The Balaban J connectivity index is 1.77. The average Bonchev–Trinajstić information content (AvgIpc) is 2.93. The van der Waals surface area contributed by atoms with Crippen molar-refractivity contribution in [3.8, 4) is 11.5 Å². The monoisotopic (exact) mass is 438 g/mol. The molecule has 1 N–H and O–H groups in total. The number of benzene rings is 1. The molecule has 7 nitrogen and oxygen atoms in total. The number of aromatic hydroxyl groups is 1. The standard InChI is InChI=1S/C20H23ClN2O5S/c1-3-28-15-9-13(8-14(21)18(15)25)10-16-19(26)23(20(27)29-16)11-17(24)22-7-5-4-6-12(22)2/h8-10,12,25H,3-7,11H2,1-2H3/b16-10-/t12-/m0/s1. The summed E-state index contributed by atoms with van der Waals surface area (Å²) in [5.74, 6) is -0.716. The maximum Gasteiger partial charge on any atom is 0.294 e. The number of nitrogens with zero attached hydrogens (tertiary/aromatic N) is 2. The lowest BCUT2D eigenvalue weighted by atomic mass is 10.0. The van der Waals surface area contributed by atoms with Crippen molar-refractivity contribution in [3.63, 3.8) is 0 Å². The molecule has 0 saturated carbocycles. The number of amides is 3. The number of piperidine rings is 1. The van der Waals surface area contributed by atoms with Crippen molar-refractivity contribution in [1.29, 1.82) is 0 Å². The SMILES string of the molecule is CCOc1cc(/C=C2\SC(=O)N(CC(=O)N3CCCC[C@@H]3C)C2=O)cc(Cl)c1O. The van der Waals surface area contributed by atoms with Crippen LogP contribution in [0.5, 0.6) is 11.5 Å². The number of imide groups is 1. The largest absolute Gasteiger partial charge is 0.503 e. The van der Waals surface area contributed by atoms with Crippen LogP contribution >= 0.6 is 23.4 Å². The Kier molecular flexibility index (Phi) is 6.74. The number of phenols is 1. The summed E-state index contributed by atoms with van der Waals surface area (Å²) in [6.07, 6.45) is 4.44. The van der Waals surface area contributed by atoms with Crippen molar-refractivity contribution in [2.45, 2.75) is 39.2 Å². The van der Waals surface area contributed by atoms with Crippen LogP contribution in [0.1, 0.15) is 38.7 Å². The van der Waals surface area contributed by atoms with Crippen LogP contribution in [-0.4, -0.2) is 57.7 Å². The van der Waals surface area contributed by atoms with E-state index in [2.05, 4.69) is 0 Å². The van der Waals surface area contributed by atoms with E-state index in [0.29, 0.717) is 18.7 Å². The second-order valence-corrected chi connectivity index (χ2v) is 8.38. The van der Waals surface area contributed by atoms with E-state index in [4.69, 9.17) is 16.3 Å². The van der Waals surface area contributed by atoms with Gasteiger partial charge in [0.1, 0.15) is 6.54 Å². The summed E-state index contributed by atoms with van der Waals surface area (Å²) in [5, 5.41) is 9.54. The van der Waals surface area contributed by atoms with E-state index in [9.17, 15) is 19.5 Å². The molecule has 3 rings (SSSR count). The molecule has 9 heteroatoms. The van der Waals surface area contributed by atoms with Crippen molar-refractivity contribution in [2.75, 3.05) is 19.7 Å². The van der Waals surface area contributed by atoms with Crippen molar-refractivity contribution in [3.05, 3.63) is 27.6 Å². The third-order valence-electron chi connectivity index (χ3n) is 4.94. The summed E-state index contributed by atoms with van der Waals surface area (Å²) in [7, 11) is 0. The van der Waals surface area contributed by atoms with Gasteiger partial charge in [0.15, 0.2) is 11.5 Å². The summed E-state index contributed by atoms with van der Waals surface area (Å²) in [6.45, 7) is 4.48. The first-order chi connectivity index (χ1) is 13.8. The number of rotatable bonds is 5. The number of likely N-dealkylation sites (tertiary alicyclic amines) is 1. The molecule has 0 radical (unpaired) electrons. The van der Waals surface area contributed by atoms with E-state index < -0.39 is 11.1 Å². The first-order valence-corrected chi connectivity index (χ1v) is 10.7. The quantitative estimate of drug-likeness (QED) is 0.702. The zero-order valence-corrected chi connectivity index (χ0v) is 17.9. The normalized spacial score (nSPS) is 21.2. The molecule has 2 aliphatic heterocycles. The van der Waals surface area contributed by atoms with Gasteiger partial charge in [0.25, 0.3) is 11.1 Å². The van der Waals surface area contributed by atoms with E-state index in [1.807, 2.05) is 6.92 Å². The van der Waals surface area contributed by atoms with Crippen LogP contribution in [-0.2, 0) is 9.59 Å². The molecular weight excluding hydrogens is 416 g/mol. The van der Waals surface area contributed by atoms with Gasteiger partial charge in [-0.2, -0.15) is 0 Å². The molecule has 2 saturated heterocycles. The summed E-state index contributed by atoms with van der Waals surface area (Å²) in [4.78, 5) is 40.6. The second kappa shape index (κ2) is 9.09. The molecular formula is C20H23ClN2O5S. The summed E-state index contributed by atoms with van der Waals surface area (Å²) >= 11 is 6.80. The van der Waals surface area contributed by atoms with Gasteiger partial charge in [-0.1, -0.05) is 11.6 Å². The molecule has 3 amide bonds. The van der Waals surface area contributed by atoms with Crippen LogP contribution < -0.4 is 4.74 Å². The van der Waals surface area contributed by atoms with Gasteiger partial charge in [-0.25, -0.2) is 0 Å². The van der Waals surface area contributed by atoms with Crippen LogP contribution in [0, 0.1) is 0 Å². The third kappa shape index (κ3) is 4.70. The molecule has 2 heterocycles. The molecule has 0 unspecified atom stereocenters. The predicted octanol–water partition coefficient (Wildman–Crippen LogP) is 3.88. The van der Waals surface area contributed by atoms with E-state index in [-0.39, 0.29) is 39.9 Å². The van der Waals surface area contributed by atoms with Gasteiger partial charge < -0.3 is 14.7 Å². The zero-order valence-electron chi connectivity index (χ0n) is 16.3. The Morgan fingerprint density at radius 2 is 2.14 bits per heavy atom. The summed E-state index contributed by atoms with van der Waals surface area (Å²) in [5.41, 5.74) is 0.512. The van der Waals surface area contributed by atoms with Crippen molar-refractivity contribution in [2.24, 2.45) is 0 Å². The van der Waals surface area contributed by atoms with Crippen molar-refractivity contribution >= 4 is 46.5 Å². The fourth-order valence-electron chi connectivity index (χ4n) is 3.43. The van der Waals surface area contributed by atoms with Crippen LogP contribution in [0.25, 0.3) is 6.08 Å². The minimum absolute atomic E-state index is 0.0793. The number of phenolic OH excluding ortho intramolecular Hbond substituents is 1. The molecule has 0 aromatic heterocycles. The van der Waals surface area contributed by atoms with Crippen molar-refractivity contribution < 1.29 is 24.2 Å². The number of carbonyl (C=O) groups is 3. The summed E-state index contributed by atoms with van der Waals surface area (Å²) < 4.78 is 5.34. The Morgan fingerprint density at radius 3 is 2.83 bits per heavy atom. The molecule has 0 aliphatic carbocycles. The molecule has 0 spiro atoms. The van der Waals surface area contributed by atoms with E-state index >= 15 is 0 Å². The second-order valence-electron chi connectivity index (χ2n) is 6.98. The highest BCUT2D eigenvalue weighted by atomic mass is 35.5. The van der Waals surface area contributed by atoms with Gasteiger partial charge in [0.05, 0.1) is 16.5 Å². The Bertz CT molecular complexity index is 873. The molecule has 1 aromatic carbocycles. The van der Waals surface area contributed by atoms with Crippen LogP contribution in [0.4, 0.5) is 4.79 Å². The first-order valence-electron chi connectivity index (χ1n) is 9.52. The number of hydrogen-bond donors (Lipinski definition) is 1. The molecule has 29 heavy (non-hydrogen) atoms. The van der Waals surface area contributed by atoms with Gasteiger partial charge in [-0.05, 0) is 68.6 Å². The topological polar surface area (TPSA) is 87.2 Å². The van der Waals surface area contributed by atoms with E-state index in [1.54, 1.807) is 17.9 Å². The lowest BCUT2D eigenvalue weighted by Gasteiger charge is -2.34. The van der Waals surface area contributed by atoms with Crippen molar-refractivity contribution in [1.82, 2.24) is 9.80 Å². The maximum absolute atomic E-state index is 12.7. The number of thioether (sulfide) groups is 1. The van der Waals surface area contributed by atoms with E-state index in [1.165, 1.54) is 12.1 Å². The number of halogens is 1. The van der Waals surface area contributed by atoms with E-state index in [0.717, 1.165) is 35.9 Å². The van der Waals surface area contributed by atoms with Gasteiger partial charge in [-0.15, -0.1) is 0 Å². The number of ether oxygens (including phenoxy) is 1. The summed E-state index contributed by atoms with van der Waals surface area (Å²) in [6, 6.07) is 3.13. The molecule has 1 atom stereocenters. The smallest absolute Gasteiger partial charge is 0.294 e. The minimum atomic E-state index is -0.514. The highest BCUT2D eigenvalue weighted by Gasteiger charge is 2.38. The van der Waals surface area contributed by atoms with Gasteiger partial charge in [0.2, 0.25) is 5.91 Å². The Morgan fingerprint density at radius 1 is 1.38 bits per heavy atom. The minimum Gasteiger partial charge on any atom is -0.503 e. The van der Waals surface area contributed by atoms with Gasteiger partial charge >= 0.3 is 0 Å². The highest BCUT2D eigenvalue weighted by molar-refractivity contribution is 8.18. The lowest BCUT2D eigenvalue weighted by molar-refractivity contribution is -0.138. The maximum atomic E-state index is 12.7. The molecule has 156 valence electrons. The average molecular weight is 439 g/mol. The molecule has 2 fully saturated rings. The Hall–Kier alpha value is -2.19. The van der Waals surface area contributed by atoms with Gasteiger partial charge in [0, 0.05) is 12.6 Å². The first kappa shape index (κ1) is 21.5. The Labute approximate surface area is 178 Å². The fraction of sp³-hybridized carbons (Fsp3) is 0.450. The number of carbonyl (C=O) groups excluding carboxylic acids is 3. The molecule has 2 aliphatic rings. The highest BCUT2D eigenvalue weighted by Crippen LogP contribution is 2.38.